The van der Waals surface area contributed by atoms with E-state index < -0.39 is 0 Å². The van der Waals surface area contributed by atoms with Crippen LogP contribution in [0.3, 0.4) is 0 Å². The van der Waals surface area contributed by atoms with Crippen LogP contribution in [0.2, 0.25) is 0 Å². The molecule has 1 saturated heterocycles. The van der Waals surface area contributed by atoms with E-state index in [4.69, 9.17) is 9.47 Å². The lowest BCUT2D eigenvalue weighted by molar-refractivity contribution is -0.148. The largest absolute Gasteiger partial charge is 0.469 e. The van der Waals surface area contributed by atoms with Gasteiger partial charge in [0.25, 0.3) is 0 Å². The minimum Gasteiger partial charge on any atom is -0.469 e. The van der Waals surface area contributed by atoms with Gasteiger partial charge in [-0.1, -0.05) is 0 Å². The third kappa shape index (κ3) is 1.09. The molecule has 4 heteroatoms. The summed E-state index contributed by atoms with van der Waals surface area (Å²) in [5.41, 5.74) is -0.259. The van der Waals surface area contributed by atoms with Gasteiger partial charge in [0.05, 0.1) is 19.1 Å². The Morgan fingerprint density at radius 3 is 2.92 bits per heavy atom. The Hall–Kier alpha value is -0.610. The maximum Gasteiger partial charge on any atom is 0.313 e. The summed E-state index contributed by atoms with van der Waals surface area (Å²) in [6, 6.07) is 0.148. The van der Waals surface area contributed by atoms with Gasteiger partial charge >= 0.3 is 5.97 Å². The lowest BCUT2D eigenvalue weighted by atomic mass is 9.97. The number of fused-ring (bicyclic) bond motifs is 1. The zero-order valence-electron chi connectivity index (χ0n) is 8.00. The lowest BCUT2D eigenvalue weighted by Gasteiger charge is -2.20. The molecular weight excluding hydrogens is 170 g/mol. The van der Waals surface area contributed by atoms with E-state index >= 15 is 0 Å². The Kier molecular flexibility index (Phi) is 2.04. The van der Waals surface area contributed by atoms with Crippen LogP contribution in [-0.4, -0.2) is 39.4 Å². The minimum absolute atomic E-state index is 0.0791. The number of methoxy groups -OCH3 is 2. The Labute approximate surface area is 77.6 Å². The highest BCUT2D eigenvalue weighted by molar-refractivity contribution is 5.82. The zero-order chi connectivity index (χ0) is 9.47. The smallest absolute Gasteiger partial charge is 0.313 e. The Balaban J connectivity index is 2.09. The first-order valence-electron chi connectivity index (χ1n) is 4.56. The fourth-order valence-electron chi connectivity index (χ4n) is 2.45. The standard InChI is InChI=1S/C9H15NO3/c1-12-5-7-9(8(11)13-2)3-6(9)4-10-7/h6-7,10H,3-5H2,1-2H3/t6?,7-,9-/m1/s1. The highest BCUT2D eigenvalue weighted by atomic mass is 16.5. The van der Waals surface area contributed by atoms with Crippen molar-refractivity contribution in [3.8, 4) is 0 Å². The molecule has 0 spiro atoms. The van der Waals surface area contributed by atoms with Gasteiger partial charge in [0.2, 0.25) is 0 Å². The topological polar surface area (TPSA) is 47.6 Å². The molecule has 1 saturated carbocycles. The first kappa shape index (κ1) is 8.97. The number of rotatable bonds is 3. The van der Waals surface area contributed by atoms with Gasteiger partial charge in [0, 0.05) is 13.2 Å². The maximum absolute atomic E-state index is 11.5. The van der Waals surface area contributed by atoms with Gasteiger partial charge in [-0.15, -0.1) is 0 Å². The molecule has 4 nitrogen and oxygen atoms in total. The van der Waals surface area contributed by atoms with Crippen molar-refractivity contribution in [2.24, 2.45) is 11.3 Å². The van der Waals surface area contributed by atoms with Crippen LogP contribution >= 0.6 is 0 Å². The molecule has 3 atom stereocenters. The molecule has 1 heterocycles. The summed E-state index contributed by atoms with van der Waals surface area (Å²) in [6.45, 7) is 1.51. The van der Waals surface area contributed by atoms with E-state index in [1.165, 1.54) is 7.11 Å². The Morgan fingerprint density at radius 1 is 1.62 bits per heavy atom. The van der Waals surface area contributed by atoms with Crippen molar-refractivity contribution < 1.29 is 14.3 Å². The summed E-state index contributed by atoms with van der Waals surface area (Å²) in [5.74, 6) is 0.393. The van der Waals surface area contributed by atoms with Crippen LogP contribution in [0.15, 0.2) is 0 Å². The number of piperidine rings is 1. The van der Waals surface area contributed by atoms with Gasteiger partial charge in [-0.3, -0.25) is 4.79 Å². The number of carbonyl (C=O) groups excluding carboxylic acids is 1. The average molecular weight is 185 g/mol. The lowest BCUT2D eigenvalue weighted by Crippen LogP contribution is -2.40. The normalized spacial score (nSPS) is 41.4. The number of carbonyl (C=O) groups is 1. The van der Waals surface area contributed by atoms with Gasteiger partial charge in [-0.05, 0) is 18.9 Å². The molecule has 0 aromatic rings. The number of nitrogens with one attached hydrogen (secondary N) is 1. The van der Waals surface area contributed by atoms with Gasteiger partial charge in [0.1, 0.15) is 0 Å². The van der Waals surface area contributed by atoms with Gasteiger partial charge in [-0.25, -0.2) is 0 Å². The van der Waals surface area contributed by atoms with Crippen molar-refractivity contribution in [3.05, 3.63) is 0 Å². The molecule has 2 aliphatic rings. The van der Waals surface area contributed by atoms with Crippen LogP contribution in [0, 0.1) is 11.3 Å². The predicted octanol–water partition coefficient (Wildman–Crippen LogP) is -0.216. The monoisotopic (exact) mass is 185 g/mol. The van der Waals surface area contributed by atoms with E-state index in [-0.39, 0.29) is 17.4 Å². The summed E-state index contributed by atoms with van der Waals surface area (Å²) >= 11 is 0. The van der Waals surface area contributed by atoms with E-state index in [0.29, 0.717) is 12.5 Å². The van der Waals surface area contributed by atoms with E-state index in [0.717, 1.165) is 13.0 Å². The Morgan fingerprint density at radius 2 is 2.38 bits per heavy atom. The first-order valence-corrected chi connectivity index (χ1v) is 4.56. The molecule has 1 unspecified atom stereocenters. The molecule has 2 fully saturated rings. The summed E-state index contributed by atoms with van der Waals surface area (Å²) in [4.78, 5) is 11.5. The van der Waals surface area contributed by atoms with E-state index in [1.807, 2.05) is 0 Å². The fraction of sp³-hybridized carbons (Fsp3) is 0.889. The average Bonchev–Trinajstić information content (AvgIpc) is 2.79. The number of esters is 1. The quantitative estimate of drug-likeness (QED) is 0.618. The van der Waals surface area contributed by atoms with Crippen LogP contribution in [-0.2, 0) is 14.3 Å². The van der Waals surface area contributed by atoms with Crippen molar-refractivity contribution >= 4 is 5.97 Å². The zero-order valence-corrected chi connectivity index (χ0v) is 8.00. The van der Waals surface area contributed by atoms with E-state index in [2.05, 4.69) is 5.32 Å². The molecule has 0 bridgehead atoms. The molecule has 0 amide bonds. The highest BCUT2D eigenvalue weighted by Gasteiger charge is 2.68. The second kappa shape index (κ2) is 2.96. The minimum atomic E-state index is -0.259. The molecule has 0 aromatic heterocycles. The molecular formula is C9H15NO3. The predicted molar refractivity (Wildman–Crippen MR) is 46.2 cm³/mol. The van der Waals surface area contributed by atoms with Crippen LogP contribution < -0.4 is 5.32 Å². The van der Waals surface area contributed by atoms with Crippen molar-refractivity contribution in [1.82, 2.24) is 5.32 Å². The van der Waals surface area contributed by atoms with E-state index in [9.17, 15) is 4.79 Å². The molecule has 2 rings (SSSR count). The van der Waals surface area contributed by atoms with Gasteiger partial charge < -0.3 is 14.8 Å². The third-order valence-electron chi connectivity index (χ3n) is 3.28. The van der Waals surface area contributed by atoms with Gasteiger partial charge in [0.15, 0.2) is 0 Å². The van der Waals surface area contributed by atoms with Crippen LogP contribution in [0.25, 0.3) is 0 Å². The molecule has 0 aromatic carbocycles. The molecule has 1 aliphatic heterocycles. The van der Waals surface area contributed by atoms with Crippen molar-refractivity contribution in [3.63, 3.8) is 0 Å². The molecule has 74 valence electrons. The van der Waals surface area contributed by atoms with E-state index in [1.54, 1.807) is 7.11 Å². The second-order valence-electron chi connectivity index (χ2n) is 3.85. The second-order valence-corrected chi connectivity index (χ2v) is 3.85. The number of ether oxygens (including phenoxy) is 2. The summed E-state index contributed by atoms with van der Waals surface area (Å²) < 4.78 is 9.89. The van der Waals surface area contributed by atoms with Crippen molar-refractivity contribution in [2.45, 2.75) is 12.5 Å². The van der Waals surface area contributed by atoms with Gasteiger partial charge in [-0.2, -0.15) is 0 Å². The first-order chi connectivity index (χ1) is 6.25. The van der Waals surface area contributed by atoms with Crippen molar-refractivity contribution in [2.75, 3.05) is 27.4 Å². The summed E-state index contributed by atoms with van der Waals surface area (Å²) in [7, 11) is 3.11. The van der Waals surface area contributed by atoms with Crippen LogP contribution in [0.1, 0.15) is 6.42 Å². The molecule has 1 aliphatic carbocycles. The highest BCUT2D eigenvalue weighted by Crippen LogP contribution is 2.59. The SMILES string of the molecule is COC[C@H]1NCC2C[C@@]21C(=O)OC. The maximum atomic E-state index is 11.5. The Bertz CT molecular complexity index is 231. The van der Waals surface area contributed by atoms with Crippen LogP contribution in [0.5, 0.6) is 0 Å². The molecule has 13 heavy (non-hydrogen) atoms. The number of hydrogen-bond acceptors (Lipinski definition) is 4. The third-order valence-corrected chi connectivity index (χ3v) is 3.28. The summed E-state index contributed by atoms with van der Waals surface area (Å²) in [6.07, 6.45) is 0.959. The van der Waals surface area contributed by atoms with Crippen molar-refractivity contribution in [1.29, 1.82) is 0 Å². The number of hydrogen-bond donors (Lipinski definition) is 1. The molecule has 0 radical (unpaired) electrons. The summed E-state index contributed by atoms with van der Waals surface area (Å²) in [5, 5.41) is 3.29. The fourth-order valence-corrected chi connectivity index (χ4v) is 2.45. The van der Waals surface area contributed by atoms with Crippen LogP contribution in [0.4, 0.5) is 0 Å². The molecule has 1 N–H and O–H groups in total.